The van der Waals surface area contributed by atoms with Crippen LogP contribution in [0.15, 0.2) is 102 Å². The molecule has 202 valence electrons. The smallest absolute Gasteiger partial charge is 0.418 e. The summed E-state index contributed by atoms with van der Waals surface area (Å²) in [6.07, 6.45) is -0.869. The third-order valence-corrected chi connectivity index (χ3v) is 10.6. The first-order valence-corrected chi connectivity index (χ1v) is 14.6. The molecule has 0 radical (unpaired) electrons. The van der Waals surface area contributed by atoms with Crippen LogP contribution in [0, 0.1) is 0 Å². The van der Waals surface area contributed by atoms with Crippen molar-refractivity contribution in [2.45, 2.75) is 45.8 Å². The van der Waals surface area contributed by atoms with Crippen molar-refractivity contribution in [1.82, 2.24) is 4.90 Å². The van der Waals surface area contributed by atoms with E-state index in [2.05, 4.69) is 36.4 Å². The SMILES string of the molecule is CO/C(C=P(c1ccccc1)(c1ccccc1)c1ccccc1)=C1\C(=O)N(C(=O)OC(C)(C)C)C(C)(C)C1=O. The molecule has 0 saturated carbocycles. The first kappa shape index (κ1) is 28.1. The number of carbonyl (C=O) groups is 3. The maximum absolute atomic E-state index is 13.8. The molecule has 39 heavy (non-hydrogen) atoms. The number of ketones is 1. The molecule has 4 rings (SSSR count). The highest BCUT2D eigenvalue weighted by molar-refractivity contribution is 7.94. The molecule has 1 heterocycles. The van der Waals surface area contributed by atoms with Gasteiger partial charge in [0, 0.05) is 0 Å². The van der Waals surface area contributed by atoms with Gasteiger partial charge in [0.25, 0.3) is 5.91 Å². The van der Waals surface area contributed by atoms with Gasteiger partial charge in [0.15, 0.2) is 5.78 Å². The number of methoxy groups -OCH3 is 1. The zero-order valence-corrected chi connectivity index (χ0v) is 24.1. The van der Waals surface area contributed by atoms with Crippen LogP contribution in [0.3, 0.4) is 0 Å². The lowest BCUT2D eigenvalue weighted by Gasteiger charge is -2.30. The molecular weight excluding hydrogens is 509 g/mol. The summed E-state index contributed by atoms with van der Waals surface area (Å²) < 4.78 is 11.3. The third kappa shape index (κ3) is 5.22. The van der Waals surface area contributed by atoms with Gasteiger partial charge in [0.1, 0.15) is 22.5 Å². The summed E-state index contributed by atoms with van der Waals surface area (Å²) in [5.74, 6) is 0.819. The minimum atomic E-state index is -2.60. The molecule has 6 nitrogen and oxygen atoms in total. The second-order valence-corrected chi connectivity index (χ2v) is 14.1. The Bertz CT molecular complexity index is 1370. The van der Waals surface area contributed by atoms with E-state index < -0.39 is 35.8 Å². The number of hydrogen-bond acceptors (Lipinski definition) is 5. The molecule has 0 unspecified atom stereocenters. The number of nitrogens with zero attached hydrogens (tertiary/aromatic N) is 1. The molecule has 3 aromatic rings. The molecule has 1 saturated heterocycles. The predicted octanol–water partition coefficient (Wildman–Crippen LogP) is 4.81. The first-order valence-electron chi connectivity index (χ1n) is 12.8. The number of allylic oxidation sites excluding steroid dienone is 1. The Kier molecular flexibility index (Phi) is 7.72. The average molecular weight is 544 g/mol. The van der Waals surface area contributed by atoms with E-state index in [0.29, 0.717) is 0 Å². The van der Waals surface area contributed by atoms with Gasteiger partial charge in [-0.2, -0.15) is 0 Å². The van der Waals surface area contributed by atoms with Gasteiger partial charge < -0.3 is 9.47 Å². The molecule has 0 atom stereocenters. The fourth-order valence-electron chi connectivity index (χ4n) is 4.76. The van der Waals surface area contributed by atoms with Crippen LogP contribution in [0.4, 0.5) is 4.79 Å². The monoisotopic (exact) mass is 543 g/mol. The van der Waals surface area contributed by atoms with E-state index in [1.807, 2.05) is 60.4 Å². The minimum Gasteiger partial charge on any atom is -0.496 e. The van der Waals surface area contributed by atoms with E-state index in [1.54, 1.807) is 34.6 Å². The molecule has 0 spiro atoms. The Balaban J connectivity index is 2.07. The summed E-state index contributed by atoms with van der Waals surface area (Å²) in [5, 5.41) is 3.08. The van der Waals surface area contributed by atoms with Gasteiger partial charge in [-0.15, -0.1) is 0 Å². The van der Waals surface area contributed by atoms with Crippen LogP contribution >= 0.6 is 6.89 Å². The number of hydrogen-bond donors (Lipinski definition) is 0. The van der Waals surface area contributed by atoms with Gasteiger partial charge in [-0.3, -0.25) is 9.59 Å². The van der Waals surface area contributed by atoms with E-state index in [4.69, 9.17) is 9.47 Å². The van der Waals surface area contributed by atoms with Gasteiger partial charge in [-0.05, 0) is 63.2 Å². The van der Waals surface area contributed by atoms with E-state index in [-0.39, 0.29) is 11.3 Å². The largest absolute Gasteiger partial charge is 0.496 e. The zero-order valence-electron chi connectivity index (χ0n) is 23.2. The van der Waals surface area contributed by atoms with Crippen LogP contribution in [-0.2, 0) is 19.1 Å². The van der Waals surface area contributed by atoms with Crippen LogP contribution in [0.1, 0.15) is 34.6 Å². The minimum absolute atomic E-state index is 0.133. The first-order chi connectivity index (χ1) is 18.4. The Morgan fingerprint density at radius 1 is 0.795 bits per heavy atom. The lowest BCUT2D eigenvalue weighted by molar-refractivity contribution is -0.129. The fourth-order valence-corrected chi connectivity index (χ4v) is 8.62. The number of likely N-dealkylation sites (tertiary alicyclic amines) is 1. The number of amides is 2. The molecule has 0 N–H and O–H groups in total. The van der Waals surface area contributed by atoms with Crippen LogP contribution in [-0.4, -0.2) is 46.7 Å². The summed E-state index contributed by atoms with van der Waals surface area (Å²) in [7, 11) is 1.44. The number of rotatable bonds is 5. The summed E-state index contributed by atoms with van der Waals surface area (Å²) in [5.41, 5.74) is -2.45. The molecule has 0 aliphatic carbocycles. The van der Waals surface area contributed by atoms with Crippen LogP contribution in [0.2, 0.25) is 0 Å². The van der Waals surface area contributed by atoms with E-state index in [9.17, 15) is 14.4 Å². The van der Waals surface area contributed by atoms with Crippen molar-refractivity contribution in [3.8, 4) is 0 Å². The third-order valence-electron chi connectivity index (χ3n) is 6.60. The molecule has 1 fully saturated rings. The predicted molar refractivity (Wildman–Crippen MR) is 157 cm³/mol. The van der Waals surface area contributed by atoms with E-state index in [0.717, 1.165) is 20.8 Å². The van der Waals surface area contributed by atoms with Crippen molar-refractivity contribution >= 4 is 46.4 Å². The summed E-state index contributed by atoms with van der Waals surface area (Å²) >= 11 is 0. The Hall–Kier alpha value is -3.89. The lowest BCUT2D eigenvalue weighted by atomic mass is 9.97. The van der Waals surface area contributed by atoms with Gasteiger partial charge in [-0.25, -0.2) is 9.69 Å². The summed E-state index contributed by atoms with van der Waals surface area (Å²) in [4.78, 5) is 41.6. The summed E-state index contributed by atoms with van der Waals surface area (Å²) in [6, 6.07) is 30.0. The number of carbonyl (C=O) groups excluding carboxylic acids is 3. The standard InChI is InChI=1S/C32H34NO5P/c1-31(2,3)38-30(36)33-29(35)27(28(34)32(33,4)5)26(37-6)22-39(23-16-10-7-11-17-23,24-18-12-8-13-19-24)25-20-14-9-15-21-25/h7-22H,1-6H3/b27-26-. The average Bonchev–Trinajstić information content (AvgIpc) is 3.09. The van der Waals surface area contributed by atoms with Crippen molar-refractivity contribution < 1.29 is 23.9 Å². The number of Topliss-reactive ketones (excluding diaryl/α,β-unsaturated/α-hetero) is 1. The van der Waals surface area contributed by atoms with Gasteiger partial charge in [0.05, 0.1) is 7.11 Å². The molecule has 2 amide bonds. The van der Waals surface area contributed by atoms with E-state index in [1.165, 1.54) is 7.11 Å². The zero-order chi connectivity index (χ0) is 28.4. The van der Waals surface area contributed by atoms with Crippen molar-refractivity contribution in [2.24, 2.45) is 0 Å². The quantitative estimate of drug-likeness (QED) is 0.200. The second-order valence-electron chi connectivity index (χ2n) is 10.8. The normalized spacial score (nSPS) is 16.6. The Morgan fingerprint density at radius 2 is 1.21 bits per heavy atom. The lowest BCUT2D eigenvalue weighted by Crippen LogP contribution is -2.49. The molecular formula is C32H34NO5P. The second kappa shape index (κ2) is 10.7. The maximum atomic E-state index is 13.8. The maximum Gasteiger partial charge on any atom is 0.418 e. The number of ether oxygens (including phenoxy) is 2. The highest BCUT2D eigenvalue weighted by Crippen LogP contribution is 2.45. The van der Waals surface area contributed by atoms with E-state index >= 15 is 0 Å². The molecule has 7 heteroatoms. The molecule has 1 aliphatic rings. The summed E-state index contributed by atoms with van der Waals surface area (Å²) in [6.45, 7) is 5.63. The highest BCUT2D eigenvalue weighted by Gasteiger charge is 2.55. The van der Waals surface area contributed by atoms with Crippen molar-refractivity contribution in [3.63, 3.8) is 0 Å². The van der Waals surface area contributed by atoms with Crippen molar-refractivity contribution in [2.75, 3.05) is 7.11 Å². The van der Waals surface area contributed by atoms with Crippen LogP contribution < -0.4 is 15.9 Å². The van der Waals surface area contributed by atoms with Gasteiger partial charge in [-0.1, -0.05) is 91.0 Å². The van der Waals surface area contributed by atoms with Gasteiger partial charge >= 0.3 is 6.09 Å². The molecule has 0 bridgehead atoms. The molecule has 3 aromatic carbocycles. The topological polar surface area (TPSA) is 72.9 Å². The van der Waals surface area contributed by atoms with Crippen LogP contribution in [0.5, 0.6) is 0 Å². The fraction of sp³-hybridized carbons (Fsp3) is 0.250. The molecule has 1 aliphatic heterocycles. The number of benzene rings is 3. The van der Waals surface area contributed by atoms with Crippen molar-refractivity contribution in [1.29, 1.82) is 0 Å². The van der Waals surface area contributed by atoms with Gasteiger partial charge in [0.2, 0.25) is 0 Å². The Labute approximate surface area is 230 Å². The van der Waals surface area contributed by atoms with Crippen molar-refractivity contribution in [3.05, 3.63) is 102 Å². The Morgan fingerprint density at radius 3 is 1.56 bits per heavy atom. The highest BCUT2D eigenvalue weighted by atomic mass is 31.2. The number of imide groups is 1. The van der Waals surface area contributed by atoms with Crippen LogP contribution in [0.25, 0.3) is 0 Å². The molecule has 0 aromatic heterocycles.